The average molecular weight is 416 g/mol. The highest BCUT2D eigenvalue weighted by molar-refractivity contribution is 7.86. The summed E-state index contributed by atoms with van der Waals surface area (Å²) in [5.41, 5.74) is 0. The Balaban J connectivity index is 1.54. The molecule has 2 saturated carbocycles. The maximum absolute atomic E-state index is 13.1. The van der Waals surface area contributed by atoms with Crippen molar-refractivity contribution in [3.63, 3.8) is 0 Å². The third-order valence-corrected chi connectivity index (χ3v) is 9.11. The second kappa shape index (κ2) is 6.73. The van der Waals surface area contributed by atoms with Crippen LogP contribution in [-0.2, 0) is 19.8 Å². The molecule has 2 saturated heterocycles. The summed E-state index contributed by atoms with van der Waals surface area (Å²) >= 11 is 0. The number of likely N-dealkylation sites (tertiary alicyclic amines) is 1. The smallest absolute Gasteiger partial charge is 0.282 e. The van der Waals surface area contributed by atoms with Gasteiger partial charge in [-0.3, -0.25) is 14.5 Å². The zero-order valence-electron chi connectivity index (χ0n) is 16.4. The number of hydrogen-bond acceptors (Lipinski definition) is 6. The molecule has 0 radical (unpaired) electrons. The second-order valence-corrected chi connectivity index (χ2v) is 10.7. The van der Waals surface area contributed by atoms with Crippen LogP contribution in [0.5, 0.6) is 0 Å². The Kier molecular flexibility index (Phi) is 4.86. The fourth-order valence-electron chi connectivity index (χ4n) is 5.67. The molecule has 2 aliphatic heterocycles. The minimum Gasteiger partial charge on any atom is -0.390 e. The Morgan fingerprint density at radius 1 is 1.32 bits per heavy atom. The molecule has 28 heavy (non-hydrogen) atoms. The van der Waals surface area contributed by atoms with Crippen LogP contribution in [0.15, 0.2) is 0 Å². The predicted molar refractivity (Wildman–Crippen MR) is 98.9 cm³/mol. The van der Waals surface area contributed by atoms with Gasteiger partial charge in [-0.25, -0.2) is 0 Å². The molecule has 2 aliphatic carbocycles. The average Bonchev–Trinajstić information content (AvgIpc) is 2.89. The number of carbonyl (C=O) groups is 2. The summed E-state index contributed by atoms with van der Waals surface area (Å²) < 4.78 is 28.6. The molecule has 158 valence electrons. The number of aliphatic hydroxyl groups excluding tert-OH is 2. The summed E-state index contributed by atoms with van der Waals surface area (Å²) in [5, 5.41) is 19.7. The lowest BCUT2D eigenvalue weighted by molar-refractivity contribution is -0.147. The first kappa shape index (κ1) is 20.2. The summed E-state index contributed by atoms with van der Waals surface area (Å²) in [5.74, 6) is -2.06. The van der Waals surface area contributed by atoms with Crippen LogP contribution in [0.1, 0.15) is 33.1 Å². The molecule has 4 rings (SSSR count). The van der Waals surface area contributed by atoms with Crippen molar-refractivity contribution < 1.29 is 28.2 Å². The van der Waals surface area contributed by atoms with E-state index in [1.807, 2.05) is 6.92 Å². The monoisotopic (exact) mass is 415 g/mol. The Morgan fingerprint density at radius 2 is 2.00 bits per heavy atom. The molecule has 2 amide bonds. The number of hydrogen-bond donors (Lipinski definition) is 2. The van der Waals surface area contributed by atoms with Crippen LogP contribution in [0.3, 0.4) is 0 Å². The van der Waals surface area contributed by atoms with Crippen molar-refractivity contribution in [3.05, 3.63) is 0 Å². The van der Waals surface area contributed by atoms with Crippen LogP contribution >= 0.6 is 0 Å². The minimum atomic E-state index is -3.69. The number of imide groups is 1. The van der Waals surface area contributed by atoms with Gasteiger partial charge in [0, 0.05) is 32.0 Å². The first-order valence-corrected chi connectivity index (χ1v) is 11.5. The van der Waals surface area contributed by atoms with E-state index >= 15 is 0 Å². The van der Waals surface area contributed by atoms with Crippen molar-refractivity contribution >= 4 is 22.0 Å². The van der Waals surface area contributed by atoms with Gasteiger partial charge in [0.1, 0.15) is 0 Å². The summed E-state index contributed by atoms with van der Waals surface area (Å²) in [6, 6.07) is -1.00. The molecular weight excluding hydrogens is 386 g/mol. The largest absolute Gasteiger partial charge is 0.390 e. The van der Waals surface area contributed by atoms with Gasteiger partial charge in [-0.1, -0.05) is 13.8 Å². The summed E-state index contributed by atoms with van der Waals surface area (Å²) in [6.07, 6.45) is -0.237. The van der Waals surface area contributed by atoms with Gasteiger partial charge < -0.3 is 10.2 Å². The van der Waals surface area contributed by atoms with E-state index in [0.29, 0.717) is 25.8 Å². The Labute approximate surface area is 165 Å². The van der Waals surface area contributed by atoms with E-state index in [1.165, 1.54) is 20.6 Å². The molecule has 0 aromatic rings. The molecule has 9 nitrogen and oxygen atoms in total. The molecule has 0 aromatic carbocycles. The van der Waals surface area contributed by atoms with E-state index in [0.717, 1.165) is 0 Å². The Hall–Kier alpha value is -1.07. The quantitative estimate of drug-likeness (QED) is 0.557. The number of rotatable bonds is 5. The summed E-state index contributed by atoms with van der Waals surface area (Å²) in [6.45, 7) is 4.27. The number of fused-ring (bicyclic) bond motifs is 2. The van der Waals surface area contributed by atoms with Gasteiger partial charge in [0.25, 0.3) is 10.2 Å². The topological polar surface area (TPSA) is 118 Å². The predicted octanol–water partition coefficient (Wildman–Crippen LogP) is -0.991. The maximum Gasteiger partial charge on any atom is 0.282 e. The third kappa shape index (κ3) is 2.68. The zero-order chi connectivity index (χ0) is 20.5. The van der Waals surface area contributed by atoms with Crippen LogP contribution < -0.4 is 0 Å². The fraction of sp³-hybridized carbons (Fsp3) is 0.889. The van der Waals surface area contributed by atoms with Gasteiger partial charge >= 0.3 is 0 Å². The Bertz CT molecular complexity index is 788. The highest BCUT2D eigenvalue weighted by Crippen LogP contribution is 2.59. The summed E-state index contributed by atoms with van der Waals surface area (Å²) in [4.78, 5) is 27.3. The van der Waals surface area contributed by atoms with Gasteiger partial charge in [0.2, 0.25) is 11.8 Å². The first-order chi connectivity index (χ1) is 13.1. The van der Waals surface area contributed by atoms with Crippen molar-refractivity contribution in [2.45, 2.75) is 57.4 Å². The third-order valence-electron chi connectivity index (χ3n) is 7.13. The van der Waals surface area contributed by atoms with Crippen molar-refractivity contribution in [1.29, 1.82) is 0 Å². The lowest BCUT2D eigenvalue weighted by Gasteiger charge is -2.29. The molecule has 2 heterocycles. The highest BCUT2D eigenvalue weighted by Gasteiger charge is 2.67. The van der Waals surface area contributed by atoms with Crippen molar-refractivity contribution in [2.24, 2.45) is 23.7 Å². The number of nitrogens with zero attached hydrogens (tertiary/aromatic N) is 3. The van der Waals surface area contributed by atoms with Crippen LogP contribution in [0.4, 0.5) is 0 Å². The van der Waals surface area contributed by atoms with E-state index in [2.05, 4.69) is 0 Å². The lowest BCUT2D eigenvalue weighted by Crippen LogP contribution is -2.48. The molecule has 4 aliphatic rings. The molecule has 0 aromatic heterocycles. The molecule has 8 atom stereocenters. The van der Waals surface area contributed by atoms with Gasteiger partial charge in [-0.2, -0.15) is 17.0 Å². The van der Waals surface area contributed by atoms with Gasteiger partial charge in [0.05, 0.1) is 30.2 Å². The van der Waals surface area contributed by atoms with Crippen LogP contribution in [0.25, 0.3) is 0 Å². The fourth-order valence-corrected chi connectivity index (χ4v) is 7.41. The highest BCUT2D eigenvalue weighted by atomic mass is 32.2. The normalized spacial score (nSPS) is 42.9. The molecule has 10 heteroatoms. The van der Waals surface area contributed by atoms with E-state index < -0.39 is 46.3 Å². The van der Waals surface area contributed by atoms with E-state index in [1.54, 1.807) is 6.92 Å². The summed E-state index contributed by atoms with van der Waals surface area (Å²) in [7, 11) is -2.16. The van der Waals surface area contributed by atoms with Crippen LogP contribution in [-0.4, -0.2) is 88.4 Å². The van der Waals surface area contributed by atoms with Gasteiger partial charge in [0.15, 0.2) is 0 Å². The van der Waals surface area contributed by atoms with E-state index in [9.17, 15) is 28.2 Å². The SMILES string of the molecule is CCCN(C)S(=O)(=O)N1CC[C@H]2[C@H]1[C@H](C)C(=O)N2C(=O)[C@@H]1[C@@H]2C[C@@H](O)[C@@H](O)[C@@H]21. The first-order valence-electron chi connectivity index (χ1n) is 10.1. The standard InChI is InChI=1S/C18H29N3O6S/c1-4-6-19(3)28(26,27)20-7-5-11-15(20)9(2)17(24)21(11)18(25)14-10-8-12(22)16(23)13(10)14/h9-16,22-23H,4-8H2,1-3H3/t9-,10+,11-,12+,13-,14+,15+,16+/m0/s1. The van der Waals surface area contributed by atoms with Gasteiger partial charge in [-0.15, -0.1) is 0 Å². The van der Waals surface area contributed by atoms with E-state index in [4.69, 9.17) is 0 Å². The molecule has 0 spiro atoms. The number of carbonyl (C=O) groups excluding carboxylic acids is 2. The Morgan fingerprint density at radius 3 is 2.57 bits per heavy atom. The van der Waals surface area contributed by atoms with Gasteiger partial charge in [-0.05, 0) is 25.2 Å². The van der Waals surface area contributed by atoms with Crippen LogP contribution in [0.2, 0.25) is 0 Å². The van der Waals surface area contributed by atoms with E-state index in [-0.39, 0.29) is 30.2 Å². The zero-order valence-corrected chi connectivity index (χ0v) is 17.2. The lowest BCUT2D eigenvalue weighted by atomic mass is 10.0. The number of aliphatic hydroxyl groups is 2. The number of amides is 2. The second-order valence-electron chi connectivity index (χ2n) is 8.68. The van der Waals surface area contributed by atoms with Crippen molar-refractivity contribution in [1.82, 2.24) is 13.5 Å². The molecule has 2 N–H and O–H groups in total. The molecular formula is C18H29N3O6S. The minimum absolute atomic E-state index is 0.0865. The van der Waals surface area contributed by atoms with Crippen molar-refractivity contribution in [3.8, 4) is 0 Å². The molecule has 0 bridgehead atoms. The maximum atomic E-state index is 13.1. The molecule has 0 unspecified atom stereocenters. The van der Waals surface area contributed by atoms with Crippen molar-refractivity contribution in [2.75, 3.05) is 20.1 Å². The van der Waals surface area contributed by atoms with Crippen LogP contribution in [0, 0.1) is 23.7 Å². The molecule has 4 fully saturated rings.